The fraction of sp³-hybridized carbons (Fsp3) is 0.250. The first-order valence-corrected chi connectivity index (χ1v) is 7.45. The predicted octanol–water partition coefficient (Wildman–Crippen LogP) is 0.982. The highest BCUT2D eigenvalue weighted by molar-refractivity contribution is 7.94. The normalized spacial score (nSPS) is 10.8. The Morgan fingerprint density at radius 1 is 0.789 bits per heavy atom. The van der Waals surface area contributed by atoms with Gasteiger partial charge in [0, 0.05) is 7.05 Å². The van der Waals surface area contributed by atoms with E-state index in [-0.39, 0.29) is 35.1 Å². The summed E-state index contributed by atoms with van der Waals surface area (Å²) in [5.41, 5.74) is 0. The number of rotatable bonds is 4. The zero-order chi connectivity index (χ0) is 13.0. The van der Waals surface area contributed by atoms with Gasteiger partial charge in [-0.05, 0) is 38.1 Å². The summed E-state index contributed by atoms with van der Waals surface area (Å²) in [6.45, 7) is 4.48. The third kappa shape index (κ3) is 4.23. The van der Waals surface area contributed by atoms with Crippen molar-refractivity contribution in [1.29, 1.82) is 0 Å². The van der Waals surface area contributed by atoms with Crippen LogP contribution in [0.25, 0.3) is 0 Å². The van der Waals surface area contributed by atoms with E-state index in [1.165, 1.54) is 9.79 Å². The van der Waals surface area contributed by atoms with Gasteiger partial charge in [-0.1, -0.05) is 36.4 Å². The van der Waals surface area contributed by atoms with Crippen LogP contribution in [0, 0.1) is 0 Å². The quantitative estimate of drug-likeness (QED) is 0.561. The highest BCUT2D eigenvalue weighted by atomic mass is 127. The Morgan fingerprint density at radius 3 is 1.47 bits per heavy atom. The van der Waals surface area contributed by atoms with Crippen LogP contribution in [-0.4, -0.2) is 17.4 Å². The van der Waals surface area contributed by atoms with E-state index >= 15 is 0 Å². The smallest absolute Gasteiger partial charge is 0.182 e. The summed E-state index contributed by atoms with van der Waals surface area (Å²) >= 11 is 0.00722. The summed E-state index contributed by atoms with van der Waals surface area (Å²) in [6.07, 6.45) is 0. The molecule has 0 fully saturated rings. The van der Waals surface area contributed by atoms with Crippen LogP contribution in [0.3, 0.4) is 0 Å². The van der Waals surface area contributed by atoms with Gasteiger partial charge in [-0.25, -0.2) is 0 Å². The van der Waals surface area contributed by atoms with E-state index in [0.29, 0.717) is 6.04 Å². The first kappa shape index (κ1) is 16.5. The van der Waals surface area contributed by atoms with Gasteiger partial charge in [-0.2, -0.15) is 0 Å². The lowest BCUT2D eigenvalue weighted by atomic mass is 10.4. The minimum Gasteiger partial charge on any atom is -1.00 e. The van der Waals surface area contributed by atoms with Crippen molar-refractivity contribution in [3.63, 3.8) is 0 Å². The van der Waals surface area contributed by atoms with E-state index in [9.17, 15) is 0 Å². The molecule has 2 aromatic carbocycles. The van der Waals surface area contributed by atoms with Crippen molar-refractivity contribution in [2.24, 2.45) is 0 Å². The fourth-order valence-corrected chi connectivity index (χ4v) is 3.97. The number of benzene rings is 2. The van der Waals surface area contributed by atoms with Crippen LogP contribution in [0.4, 0.5) is 0 Å². The summed E-state index contributed by atoms with van der Waals surface area (Å²) in [5, 5.41) is 0. The van der Waals surface area contributed by atoms with Gasteiger partial charge in [-0.3, -0.25) is 0 Å². The van der Waals surface area contributed by atoms with Crippen LogP contribution in [0.15, 0.2) is 70.5 Å². The summed E-state index contributed by atoms with van der Waals surface area (Å²) in [4.78, 5) is 2.75. The number of hydrogen-bond donors (Lipinski definition) is 0. The van der Waals surface area contributed by atoms with Crippen molar-refractivity contribution in [2.75, 3.05) is 7.05 Å². The molecule has 0 radical (unpaired) electrons. The van der Waals surface area contributed by atoms with Crippen molar-refractivity contribution in [3.8, 4) is 0 Å². The second kappa shape index (κ2) is 7.92. The van der Waals surface area contributed by atoms with Crippen molar-refractivity contribution in [1.82, 2.24) is 4.31 Å². The molecule has 0 bridgehead atoms. The van der Waals surface area contributed by atoms with E-state index < -0.39 is 0 Å². The molecule has 0 saturated carbocycles. The van der Waals surface area contributed by atoms with Gasteiger partial charge in [0.25, 0.3) is 0 Å². The fourth-order valence-electron chi connectivity index (χ4n) is 1.78. The third-order valence-electron chi connectivity index (χ3n) is 2.95. The molecule has 0 aliphatic carbocycles. The molecular formula is C16H20INS. The van der Waals surface area contributed by atoms with Gasteiger partial charge in [0.15, 0.2) is 20.9 Å². The molecule has 0 N–H and O–H groups in total. The second-order valence-corrected chi connectivity index (χ2v) is 6.64. The van der Waals surface area contributed by atoms with Gasteiger partial charge in [0.2, 0.25) is 0 Å². The monoisotopic (exact) mass is 385 g/mol. The maximum atomic E-state index is 2.44. The number of nitrogens with zero attached hydrogens (tertiary/aromatic N) is 1. The summed E-state index contributed by atoms with van der Waals surface area (Å²) in [6, 6.07) is 22.0. The van der Waals surface area contributed by atoms with Crippen molar-refractivity contribution in [2.45, 2.75) is 29.7 Å². The molecule has 0 atom stereocenters. The average Bonchev–Trinajstić information content (AvgIpc) is 2.41. The van der Waals surface area contributed by atoms with Crippen LogP contribution in [0.1, 0.15) is 13.8 Å². The van der Waals surface area contributed by atoms with E-state index in [1.54, 1.807) is 0 Å². The van der Waals surface area contributed by atoms with Gasteiger partial charge in [0.1, 0.15) is 0 Å². The Kier molecular flexibility index (Phi) is 6.89. The third-order valence-corrected chi connectivity index (χ3v) is 5.38. The second-order valence-electron chi connectivity index (χ2n) is 4.55. The predicted molar refractivity (Wildman–Crippen MR) is 79.7 cm³/mol. The van der Waals surface area contributed by atoms with Gasteiger partial charge < -0.3 is 24.0 Å². The largest absolute Gasteiger partial charge is 1.00 e. The van der Waals surface area contributed by atoms with E-state index in [2.05, 4.69) is 85.9 Å². The van der Waals surface area contributed by atoms with Crippen LogP contribution >= 0.6 is 0 Å². The summed E-state index contributed by atoms with van der Waals surface area (Å²) < 4.78 is 2.44. The molecule has 3 heteroatoms. The molecule has 0 amide bonds. The van der Waals surface area contributed by atoms with Crippen molar-refractivity contribution < 1.29 is 24.0 Å². The average molecular weight is 385 g/mol. The number of halogens is 1. The van der Waals surface area contributed by atoms with Crippen molar-refractivity contribution >= 4 is 11.1 Å². The Hall–Kier alpha value is -0.520. The van der Waals surface area contributed by atoms with E-state index in [0.717, 1.165) is 0 Å². The Bertz CT molecular complexity index is 433. The molecular weight excluding hydrogens is 365 g/mol. The first-order valence-electron chi connectivity index (χ1n) is 6.27. The zero-order valence-electron chi connectivity index (χ0n) is 11.6. The Balaban J connectivity index is 0.00000180. The van der Waals surface area contributed by atoms with Gasteiger partial charge >= 0.3 is 0 Å². The molecule has 0 spiro atoms. The number of hydrogen-bond acceptors (Lipinski definition) is 1. The minimum atomic E-state index is 0. The molecule has 0 aromatic heterocycles. The molecule has 102 valence electrons. The molecule has 0 saturated heterocycles. The van der Waals surface area contributed by atoms with Crippen LogP contribution in [0.5, 0.6) is 0 Å². The summed E-state index contributed by atoms with van der Waals surface area (Å²) in [7, 11) is 2.20. The Labute approximate surface area is 136 Å². The molecule has 1 nitrogen and oxygen atoms in total. The van der Waals surface area contributed by atoms with E-state index in [1.807, 2.05) is 0 Å². The van der Waals surface area contributed by atoms with Crippen molar-refractivity contribution in [3.05, 3.63) is 60.7 Å². The molecule has 2 rings (SSSR count). The molecule has 0 aliphatic heterocycles. The van der Waals surface area contributed by atoms with Gasteiger partial charge in [0.05, 0.1) is 6.04 Å². The molecule has 2 aromatic rings. The molecule has 0 heterocycles. The molecule has 19 heavy (non-hydrogen) atoms. The van der Waals surface area contributed by atoms with Gasteiger partial charge in [-0.15, -0.1) is 4.31 Å². The highest BCUT2D eigenvalue weighted by Gasteiger charge is 2.32. The van der Waals surface area contributed by atoms with Crippen LogP contribution in [0.2, 0.25) is 0 Å². The van der Waals surface area contributed by atoms with Crippen LogP contribution < -0.4 is 24.0 Å². The molecule has 0 aliphatic rings. The standard InChI is InChI=1S/C16H20NS.HI/c1-14(2)17(3)18(15-10-6-4-7-11-15)16-12-8-5-9-13-16;/h4-14H,1-3H3;1H/q+1;/p-1. The maximum Gasteiger partial charge on any atom is 0.182 e. The zero-order valence-corrected chi connectivity index (χ0v) is 14.6. The SMILES string of the molecule is CC(C)N(C)[S+](c1ccccc1)c1ccccc1.[I-]. The lowest BCUT2D eigenvalue weighted by molar-refractivity contribution is -0.00000395. The minimum absolute atomic E-state index is 0. The maximum absolute atomic E-state index is 2.44. The lowest BCUT2D eigenvalue weighted by Crippen LogP contribution is -3.00. The molecule has 0 unspecified atom stereocenters. The Morgan fingerprint density at radius 2 is 1.16 bits per heavy atom. The topological polar surface area (TPSA) is 3.24 Å². The summed E-state index contributed by atoms with van der Waals surface area (Å²) in [5.74, 6) is 0. The lowest BCUT2D eigenvalue weighted by Gasteiger charge is -2.20. The van der Waals surface area contributed by atoms with E-state index in [4.69, 9.17) is 0 Å². The highest BCUT2D eigenvalue weighted by Crippen LogP contribution is 2.27. The van der Waals surface area contributed by atoms with Crippen LogP contribution in [-0.2, 0) is 11.1 Å². The first-order chi connectivity index (χ1) is 8.70.